The number of rotatable bonds is 3. The van der Waals surface area contributed by atoms with Crippen LogP contribution < -0.4 is 15.9 Å². The predicted octanol–water partition coefficient (Wildman–Crippen LogP) is 4.66. The third-order valence-corrected chi connectivity index (χ3v) is 7.13. The first-order chi connectivity index (χ1) is 16.4. The Kier molecular flexibility index (Phi) is 4.88. The van der Waals surface area contributed by atoms with Crippen LogP contribution in [0.5, 0.6) is 0 Å². The van der Waals surface area contributed by atoms with Crippen LogP contribution in [-0.4, -0.2) is 35.1 Å². The molecule has 8 heteroatoms. The quantitative estimate of drug-likeness (QED) is 0.463. The van der Waals surface area contributed by atoms with E-state index in [0.29, 0.717) is 41.7 Å². The van der Waals surface area contributed by atoms with Crippen molar-refractivity contribution in [3.63, 3.8) is 0 Å². The molecule has 3 heterocycles. The monoisotopic (exact) mass is 464 g/mol. The summed E-state index contributed by atoms with van der Waals surface area (Å²) in [5, 5.41) is 4.89. The molecule has 34 heavy (non-hydrogen) atoms. The van der Waals surface area contributed by atoms with Gasteiger partial charge in [0.2, 0.25) is 0 Å². The van der Waals surface area contributed by atoms with E-state index in [9.17, 15) is 9.18 Å². The Morgan fingerprint density at radius 2 is 1.82 bits per heavy atom. The van der Waals surface area contributed by atoms with Crippen molar-refractivity contribution < 1.29 is 13.2 Å². The van der Waals surface area contributed by atoms with Crippen LogP contribution in [0.15, 0.2) is 41.2 Å². The Morgan fingerprint density at radius 1 is 1.06 bits per heavy atom. The van der Waals surface area contributed by atoms with E-state index in [2.05, 4.69) is 15.3 Å². The van der Waals surface area contributed by atoms with Gasteiger partial charge >= 0.3 is 5.69 Å². The number of hydrogen-bond acceptors (Lipinski definition) is 4. The van der Waals surface area contributed by atoms with Crippen LogP contribution in [-0.2, 0) is 6.42 Å². The van der Waals surface area contributed by atoms with E-state index < -0.39 is 23.1 Å². The van der Waals surface area contributed by atoms with E-state index in [4.69, 9.17) is 0 Å². The minimum atomic E-state index is -0.882. The number of nitrogens with one attached hydrogen (secondary N) is 2. The van der Waals surface area contributed by atoms with Gasteiger partial charge in [-0.25, -0.2) is 18.0 Å². The lowest BCUT2D eigenvalue weighted by atomic mass is 9.92. The number of aromatic amines is 1. The van der Waals surface area contributed by atoms with Crippen molar-refractivity contribution >= 4 is 27.5 Å². The number of anilines is 1. The third-order valence-electron chi connectivity index (χ3n) is 7.13. The molecule has 2 fully saturated rings. The molecule has 2 atom stereocenters. The highest BCUT2D eigenvalue weighted by atomic mass is 19.1. The van der Waals surface area contributed by atoms with Crippen molar-refractivity contribution in [3.8, 4) is 11.1 Å². The number of aromatic nitrogens is 2. The number of hydrogen-bond donors (Lipinski definition) is 2. The highest BCUT2D eigenvalue weighted by molar-refractivity contribution is 6.02. The summed E-state index contributed by atoms with van der Waals surface area (Å²) in [5.74, 6) is -1.79. The molecule has 0 amide bonds. The van der Waals surface area contributed by atoms with Gasteiger partial charge in [0.1, 0.15) is 17.5 Å². The topological polar surface area (TPSA) is 61.0 Å². The number of H-pyrrole nitrogens is 1. The van der Waals surface area contributed by atoms with E-state index in [1.165, 1.54) is 12.1 Å². The molecule has 6 rings (SSSR count). The average Bonchev–Trinajstić information content (AvgIpc) is 3.16. The first-order valence-corrected chi connectivity index (χ1v) is 11.6. The summed E-state index contributed by atoms with van der Waals surface area (Å²) in [6.07, 6.45) is 2.41. The van der Waals surface area contributed by atoms with Gasteiger partial charge in [-0.05, 0) is 53.3 Å². The van der Waals surface area contributed by atoms with Crippen LogP contribution in [0.1, 0.15) is 25.3 Å². The smallest absolute Gasteiger partial charge is 0.347 e. The molecular weight excluding hydrogens is 441 g/mol. The Bertz CT molecular complexity index is 1500. The molecule has 174 valence electrons. The zero-order valence-electron chi connectivity index (χ0n) is 18.6. The Hall–Kier alpha value is -3.39. The van der Waals surface area contributed by atoms with Crippen LogP contribution in [0.4, 0.5) is 19.0 Å². The number of fused-ring (bicyclic) bond motifs is 4. The zero-order valence-corrected chi connectivity index (χ0v) is 18.6. The second-order valence-corrected chi connectivity index (χ2v) is 9.16. The summed E-state index contributed by atoms with van der Waals surface area (Å²) in [7, 11) is 0. The van der Waals surface area contributed by atoms with Crippen LogP contribution in [0.25, 0.3) is 32.8 Å². The normalized spacial score (nSPS) is 19.9. The summed E-state index contributed by atoms with van der Waals surface area (Å²) < 4.78 is 46.3. The summed E-state index contributed by atoms with van der Waals surface area (Å²) in [6.45, 7) is 3.04. The standard InChI is InChI=1S/C26H23F3N4O/c1-2-16-19(27)9-6-13-4-3-5-17(21(13)16)22-20(28)10-18-24(23(22)29)31-26(34)32-25(18)33-11-14-7-8-15(12-33)30-14/h3-6,9-10,14-15,30H,2,7-8,11-12H2,1H3,(H,31,32,34). The summed E-state index contributed by atoms with van der Waals surface area (Å²) in [4.78, 5) is 21.0. The Labute approximate surface area is 193 Å². The fourth-order valence-electron chi connectivity index (χ4n) is 5.65. The van der Waals surface area contributed by atoms with Gasteiger partial charge in [0.15, 0.2) is 5.82 Å². The molecule has 2 aliphatic rings. The van der Waals surface area contributed by atoms with Gasteiger partial charge in [-0.3, -0.25) is 0 Å². The zero-order chi connectivity index (χ0) is 23.6. The summed E-state index contributed by atoms with van der Waals surface area (Å²) >= 11 is 0. The molecule has 2 bridgehead atoms. The number of piperazine rings is 1. The van der Waals surface area contributed by atoms with Gasteiger partial charge < -0.3 is 15.2 Å². The number of aryl methyl sites for hydroxylation is 1. The van der Waals surface area contributed by atoms with E-state index in [0.717, 1.165) is 12.8 Å². The maximum atomic E-state index is 16.0. The van der Waals surface area contributed by atoms with Crippen LogP contribution in [0.3, 0.4) is 0 Å². The highest BCUT2D eigenvalue weighted by Crippen LogP contribution is 2.39. The highest BCUT2D eigenvalue weighted by Gasteiger charge is 2.34. The Balaban J connectivity index is 1.61. The SMILES string of the molecule is CCc1c(F)ccc2cccc(-c3c(F)cc4c(N5CC6CCC(C5)N6)nc(=O)[nH]c4c3F)c12. The van der Waals surface area contributed by atoms with Gasteiger partial charge in [-0.2, -0.15) is 4.98 Å². The first-order valence-electron chi connectivity index (χ1n) is 11.6. The molecule has 2 unspecified atom stereocenters. The van der Waals surface area contributed by atoms with Crippen molar-refractivity contribution in [1.82, 2.24) is 15.3 Å². The molecule has 4 aromatic rings. The second kappa shape index (κ2) is 7.84. The van der Waals surface area contributed by atoms with E-state index >= 15 is 8.78 Å². The minimum absolute atomic E-state index is 0.0938. The molecule has 0 radical (unpaired) electrons. The molecule has 0 saturated carbocycles. The van der Waals surface area contributed by atoms with Crippen molar-refractivity contribution in [2.45, 2.75) is 38.3 Å². The van der Waals surface area contributed by atoms with Crippen molar-refractivity contribution in [2.24, 2.45) is 0 Å². The van der Waals surface area contributed by atoms with Crippen molar-refractivity contribution in [2.75, 3.05) is 18.0 Å². The molecule has 0 aliphatic carbocycles. The van der Waals surface area contributed by atoms with Gasteiger partial charge in [0.05, 0.1) is 11.1 Å². The van der Waals surface area contributed by atoms with Crippen molar-refractivity contribution in [3.05, 3.63) is 69.9 Å². The lowest BCUT2D eigenvalue weighted by molar-refractivity contribution is 0.464. The lowest BCUT2D eigenvalue weighted by Gasteiger charge is -2.34. The molecule has 3 aromatic carbocycles. The number of nitrogens with zero attached hydrogens (tertiary/aromatic N) is 2. The minimum Gasteiger partial charge on any atom is -0.353 e. The molecule has 1 aromatic heterocycles. The number of halogens is 3. The van der Waals surface area contributed by atoms with Crippen LogP contribution in [0, 0.1) is 17.5 Å². The van der Waals surface area contributed by atoms with Gasteiger partial charge in [-0.1, -0.05) is 31.2 Å². The fraction of sp³-hybridized carbons (Fsp3) is 0.308. The van der Waals surface area contributed by atoms with Crippen molar-refractivity contribution in [1.29, 1.82) is 0 Å². The number of benzene rings is 3. The second-order valence-electron chi connectivity index (χ2n) is 9.16. The maximum absolute atomic E-state index is 16.0. The average molecular weight is 464 g/mol. The predicted molar refractivity (Wildman–Crippen MR) is 127 cm³/mol. The van der Waals surface area contributed by atoms with E-state index in [1.807, 2.05) is 4.90 Å². The van der Waals surface area contributed by atoms with Crippen LogP contribution >= 0.6 is 0 Å². The van der Waals surface area contributed by atoms with E-state index in [-0.39, 0.29) is 34.1 Å². The van der Waals surface area contributed by atoms with Gasteiger partial charge in [0.25, 0.3) is 0 Å². The lowest BCUT2D eigenvalue weighted by Crippen LogP contribution is -2.51. The molecular formula is C26H23F3N4O. The molecule has 5 nitrogen and oxygen atoms in total. The van der Waals surface area contributed by atoms with Crippen LogP contribution in [0.2, 0.25) is 0 Å². The van der Waals surface area contributed by atoms with E-state index in [1.54, 1.807) is 31.2 Å². The molecule has 2 aliphatic heterocycles. The third kappa shape index (κ3) is 3.20. The molecule has 0 spiro atoms. The van der Waals surface area contributed by atoms with Gasteiger partial charge in [0, 0.05) is 30.6 Å². The first kappa shape index (κ1) is 21.2. The molecule has 2 saturated heterocycles. The fourth-order valence-corrected chi connectivity index (χ4v) is 5.65. The summed E-state index contributed by atoms with van der Waals surface area (Å²) in [5.41, 5.74) is -0.421. The molecule has 2 N–H and O–H groups in total. The summed E-state index contributed by atoms with van der Waals surface area (Å²) in [6, 6.07) is 9.80. The maximum Gasteiger partial charge on any atom is 0.347 e. The Morgan fingerprint density at radius 3 is 2.56 bits per heavy atom. The van der Waals surface area contributed by atoms with Gasteiger partial charge in [-0.15, -0.1) is 0 Å². The largest absolute Gasteiger partial charge is 0.353 e.